The normalized spacial score (nSPS) is 33.0. The van der Waals surface area contributed by atoms with Crippen molar-refractivity contribution in [2.45, 2.75) is 126 Å². The highest BCUT2D eigenvalue weighted by Gasteiger charge is 2.68. The molecule has 0 aromatic rings. The van der Waals surface area contributed by atoms with Crippen LogP contribution in [-0.4, -0.2) is 71.9 Å². The van der Waals surface area contributed by atoms with Crippen LogP contribution in [0.4, 0.5) is 0 Å². The van der Waals surface area contributed by atoms with Gasteiger partial charge in [0.2, 0.25) is 5.78 Å². The number of hydrogen-bond acceptors (Lipinski definition) is 9. The molecule has 8 atom stereocenters. The summed E-state index contributed by atoms with van der Waals surface area (Å²) in [6.07, 6.45) is 13.4. The highest BCUT2D eigenvalue weighted by Crippen LogP contribution is 2.67. The smallest absolute Gasteiger partial charge is 0.303 e. The van der Waals surface area contributed by atoms with Crippen molar-refractivity contribution in [1.29, 1.82) is 0 Å². The monoisotopic (exact) mass is 686 g/mol. The molecule has 4 rings (SSSR count). The van der Waals surface area contributed by atoms with Crippen LogP contribution in [0.5, 0.6) is 0 Å². The molecule has 0 unspecified atom stereocenters. The lowest BCUT2D eigenvalue weighted by molar-refractivity contribution is -0.182. The van der Waals surface area contributed by atoms with Gasteiger partial charge in [0.05, 0.1) is 6.10 Å². The Kier molecular flexibility index (Phi) is 16.0. The lowest BCUT2D eigenvalue weighted by Crippen LogP contribution is -2.62. The Morgan fingerprint density at radius 2 is 1.73 bits per heavy atom. The van der Waals surface area contributed by atoms with E-state index in [4.69, 9.17) is 14.2 Å². The Morgan fingerprint density at radius 3 is 2.29 bits per heavy atom. The maximum atomic E-state index is 12.9. The molecule has 0 spiro atoms. The maximum Gasteiger partial charge on any atom is 0.303 e. The molecule has 0 bridgehead atoms. The maximum absolute atomic E-state index is 12.9. The number of carbonyl (C=O) groups is 4. The molecule has 2 N–H and O–H groups in total. The third-order valence-electron chi connectivity index (χ3n) is 11.1. The topological polar surface area (TPSA) is 136 Å². The molecule has 0 heterocycles. The number of carbonyl (C=O) groups excluding carboxylic acids is 4. The molecule has 4 aliphatic carbocycles. The zero-order valence-electron chi connectivity index (χ0n) is 31.5. The minimum absolute atomic E-state index is 0.00535. The summed E-state index contributed by atoms with van der Waals surface area (Å²) in [5.74, 6) is -0.712. The van der Waals surface area contributed by atoms with Gasteiger partial charge in [0.1, 0.15) is 11.9 Å². The van der Waals surface area contributed by atoms with Gasteiger partial charge in [-0.25, -0.2) is 0 Å². The van der Waals surface area contributed by atoms with E-state index in [9.17, 15) is 29.4 Å². The largest absolute Gasteiger partial charge is 0.458 e. The minimum atomic E-state index is -1.61. The van der Waals surface area contributed by atoms with Crippen molar-refractivity contribution in [3.8, 4) is 0 Å². The SMILES string of the molecule is CC(=O)OCC(=O)[C@@]1(O)CC[C@H]2[C@@H]3C[C@H](C)C4=CC(=O)C=C[C@]4(C)[C@H]3[C@@H](O)C[C@@]21C.CC(C)=CCCC(C)=CC=O.CCOC(C)OCC. The number of ether oxygens (including phenoxy) is 3. The summed E-state index contributed by atoms with van der Waals surface area (Å²) in [5.41, 5.74) is 0.771. The number of aliphatic hydroxyl groups excluding tert-OH is 1. The van der Waals surface area contributed by atoms with E-state index in [0.717, 1.165) is 49.9 Å². The van der Waals surface area contributed by atoms with Gasteiger partial charge in [0, 0.05) is 36.9 Å². The van der Waals surface area contributed by atoms with E-state index in [0.29, 0.717) is 19.3 Å². The van der Waals surface area contributed by atoms with Gasteiger partial charge in [0.15, 0.2) is 18.7 Å². The predicted molar refractivity (Wildman–Crippen MR) is 190 cm³/mol. The first-order valence-corrected chi connectivity index (χ1v) is 17.9. The zero-order chi connectivity index (χ0) is 37.2. The summed E-state index contributed by atoms with van der Waals surface area (Å²) < 4.78 is 15.0. The van der Waals surface area contributed by atoms with E-state index in [-0.39, 0.29) is 35.7 Å². The third-order valence-corrected chi connectivity index (χ3v) is 11.1. The fraction of sp³-hybridized carbons (Fsp3) is 0.700. The molecule has 3 saturated carbocycles. The van der Waals surface area contributed by atoms with Crippen LogP contribution in [-0.2, 0) is 33.4 Å². The third kappa shape index (κ3) is 10.2. The molecule has 4 aliphatic rings. The molecule has 0 radical (unpaired) electrons. The van der Waals surface area contributed by atoms with Gasteiger partial charge in [-0.15, -0.1) is 0 Å². The van der Waals surface area contributed by atoms with E-state index in [1.807, 2.05) is 40.7 Å². The summed E-state index contributed by atoms with van der Waals surface area (Å²) in [4.78, 5) is 46.1. The Hall–Kier alpha value is -2.72. The van der Waals surface area contributed by atoms with E-state index >= 15 is 0 Å². The summed E-state index contributed by atoms with van der Waals surface area (Å²) in [6, 6.07) is 0. The van der Waals surface area contributed by atoms with Crippen molar-refractivity contribution in [2.24, 2.45) is 34.5 Å². The summed E-state index contributed by atoms with van der Waals surface area (Å²) in [6.45, 7) is 20.3. The van der Waals surface area contributed by atoms with Crippen LogP contribution >= 0.6 is 0 Å². The molecule has 0 amide bonds. The highest BCUT2D eigenvalue weighted by atomic mass is 16.7. The van der Waals surface area contributed by atoms with E-state index < -0.39 is 40.9 Å². The van der Waals surface area contributed by atoms with E-state index in [2.05, 4.69) is 33.8 Å². The number of allylic oxidation sites excluding steroid dienone is 8. The van der Waals surface area contributed by atoms with Crippen LogP contribution in [0.15, 0.2) is 47.1 Å². The fourth-order valence-electron chi connectivity index (χ4n) is 8.80. The number of ketones is 2. The number of rotatable bonds is 11. The second kappa shape index (κ2) is 18.5. The number of fused-ring (bicyclic) bond motifs is 5. The van der Waals surface area contributed by atoms with Crippen molar-refractivity contribution in [3.05, 3.63) is 47.1 Å². The van der Waals surface area contributed by atoms with Crippen LogP contribution in [0.25, 0.3) is 0 Å². The van der Waals surface area contributed by atoms with Crippen molar-refractivity contribution in [2.75, 3.05) is 19.8 Å². The summed E-state index contributed by atoms with van der Waals surface area (Å²) in [5, 5.41) is 22.9. The van der Waals surface area contributed by atoms with Gasteiger partial charge >= 0.3 is 5.97 Å². The van der Waals surface area contributed by atoms with Gasteiger partial charge in [-0.1, -0.05) is 49.6 Å². The Morgan fingerprint density at radius 1 is 1.10 bits per heavy atom. The van der Waals surface area contributed by atoms with Crippen LogP contribution in [0.3, 0.4) is 0 Å². The molecular weight excluding hydrogens is 624 g/mol. The van der Waals surface area contributed by atoms with Crippen LogP contribution < -0.4 is 0 Å². The molecule has 9 heteroatoms. The van der Waals surface area contributed by atoms with Crippen molar-refractivity contribution in [1.82, 2.24) is 0 Å². The number of hydrogen-bond donors (Lipinski definition) is 2. The number of aldehydes is 1. The molecule has 3 fully saturated rings. The lowest BCUT2D eigenvalue weighted by atomic mass is 9.45. The number of esters is 1. The van der Waals surface area contributed by atoms with Crippen LogP contribution in [0.2, 0.25) is 0 Å². The molecule has 276 valence electrons. The zero-order valence-corrected chi connectivity index (χ0v) is 31.5. The number of aliphatic hydroxyl groups is 2. The molecule has 0 aliphatic heterocycles. The molecule has 0 aromatic heterocycles. The van der Waals surface area contributed by atoms with Crippen molar-refractivity contribution < 1.29 is 43.6 Å². The second-order valence-corrected chi connectivity index (χ2v) is 14.8. The quantitative estimate of drug-likeness (QED) is 0.0804. The lowest BCUT2D eigenvalue weighted by Gasteiger charge is -2.60. The molecule has 49 heavy (non-hydrogen) atoms. The van der Waals surface area contributed by atoms with E-state index in [1.54, 1.807) is 18.2 Å². The standard InChI is InChI=1S/C24H32O6.C10H16O.C6H14O2/c1-13-9-16-17-6-8-24(29,20(28)12-30-14(2)25)23(17,4)11-19(27)21(16)22(3)7-5-15(26)10-18(13)22;1-9(2)5-4-6-10(3)7-8-11;1-4-7-6(3)8-5-2/h5,7,10,13,16-17,19,21,27,29H,6,8-9,11-12H2,1-4H3;5,7-8H,4,6H2,1-3H3;6H,4-5H2,1-3H3/t13-,16-,17-,19-,21+,22-,23-,24-;;/m0../s1. The van der Waals surface area contributed by atoms with Crippen LogP contribution in [0, 0.1) is 34.5 Å². The number of Topliss-reactive ketones (excluding diaryl/α,β-unsaturated/α-hetero) is 1. The predicted octanol–water partition coefficient (Wildman–Crippen LogP) is 6.66. The van der Waals surface area contributed by atoms with Gasteiger partial charge < -0.3 is 24.4 Å². The average molecular weight is 687 g/mol. The van der Waals surface area contributed by atoms with Gasteiger partial charge in [-0.3, -0.25) is 19.2 Å². The Balaban J connectivity index is 0.000000362. The first kappa shape index (κ1) is 42.4. The Labute approximate surface area is 294 Å². The van der Waals surface area contributed by atoms with Crippen LogP contribution in [0.1, 0.15) is 108 Å². The van der Waals surface area contributed by atoms with Gasteiger partial charge in [0.25, 0.3) is 0 Å². The van der Waals surface area contributed by atoms with E-state index in [1.165, 1.54) is 12.5 Å². The second-order valence-electron chi connectivity index (χ2n) is 14.8. The van der Waals surface area contributed by atoms with Gasteiger partial charge in [-0.2, -0.15) is 0 Å². The minimum Gasteiger partial charge on any atom is -0.458 e. The first-order valence-electron chi connectivity index (χ1n) is 17.9. The fourth-order valence-corrected chi connectivity index (χ4v) is 8.80. The Bertz CT molecular complexity index is 1280. The average Bonchev–Trinajstić information content (AvgIpc) is 3.28. The molecule has 9 nitrogen and oxygen atoms in total. The van der Waals surface area contributed by atoms with Crippen molar-refractivity contribution in [3.63, 3.8) is 0 Å². The highest BCUT2D eigenvalue weighted by molar-refractivity contribution is 6.01. The van der Waals surface area contributed by atoms with Crippen molar-refractivity contribution >= 4 is 23.8 Å². The summed E-state index contributed by atoms with van der Waals surface area (Å²) >= 11 is 0. The van der Waals surface area contributed by atoms with Gasteiger partial charge in [-0.05, 0) is 116 Å². The molecule has 0 aromatic carbocycles. The molecule has 0 saturated heterocycles. The molecular formula is C40H62O9. The summed E-state index contributed by atoms with van der Waals surface area (Å²) in [7, 11) is 0. The first-order chi connectivity index (χ1) is 22.9.